The van der Waals surface area contributed by atoms with Crippen LogP contribution in [0.4, 0.5) is 0 Å². The molecule has 2 heterocycles. The van der Waals surface area contributed by atoms with Crippen molar-refractivity contribution < 1.29 is 9.47 Å². The van der Waals surface area contributed by atoms with Crippen LogP contribution in [0.25, 0.3) is 54.9 Å². The van der Waals surface area contributed by atoms with E-state index in [1.165, 1.54) is 54.7 Å². The third-order valence-corrected chi connectivity index (χ3v) is 9.79. The van der Waals surface area contributed by atoms with Gasteiger partial charge in [0.2, 0.25) is 0 Å². The van der Waals surface area contributed by atoms with E-state index in [2.05, 4.69) is 152 Å². The number of fused-ring (bicyclic) bond motifs is 6. The van der Waals surface area contributed by atoms with E-state index in [1.54, 1.807) is 0 Å². The van der Waals surface area contributed by atoms with Crippen LogP contribution in [0.15, 0.2) is 164 Å². The fraction of sp³-hybridized carbons (Fsp3) is 0. The molecule has 0 radical (unpaired) electrons. The van der Waals surface area contributed by atoms with Gasteiger partial charge in [-0.3, -0.25) is 0 Å². The highest BCUT2D eigenvalue weighted by Gasteiger charge is 2.40. The quantitative estimate of drug-likeness (QED) is 0.149. The number of benzene rings is 8. The first-order chi connectivity index (χ1) is 23.3. The fourth-order valence-electron chi connectivity index (χ4n) is 7.84. The highest BCUT2D eigenvalue weighted by atomic mass is 16.5. The third-order valence-electron chi connectivity index (χ3n) is 9.79. The molecule has 0 unspecified atom stereocenters. The largest absolute Gasteiger partial charge is 0.458 e. The molecule has 0 amide bonds. The summed E-state index contributed by atoms with van der Waals surface area (Å²) in [6, 6.07) is 58.3. The molecule has 218 valence electrons. The van der Waals surface area contributed by atoms with Crippen LogP contribution in [-0.4, -0.2) is 6.71 Å². The lowest BCUT2D eigenvalue weighted by molar-refractivity contribution is 0.465. The van der Waals surface area contributed by atoms with E-state index < -0.39 is 0 Å². The average molecular weight is 599 g/mol. The van der Waals surface area contributed by atoms with Gasteiger partial charge < -0.3 is 9.47 Å². The van der Waals surface area contributed by atoms with Crippen molar-refractivity contribution in [2.75, 3.05) is 0 Å². The first kappa shape index (κ1) is 26.2. The summed E-state index contributed by atoms with van der Waals surface area (Å²) in [6.07, 6.45) is 0. The molecule has 0 fully saturated rings. The van der Waals surface area contributed by atoms with Crippen molar-refractivity contribution >= 4 is 44.6 Å². The Kier molecular flexibility index (Phi) is 5.70. The minimum absolute atomic E-state index is 0.0533. The maximum Gasteiger partial charge on any atom is 0.260 e. The molecule has 0 saturated carbocycles. The number of hydrogen-bond donors (Lipinski definition) is 0. The lowest BCUT2D eigenvalue weighted by Crippen LogP contribution is -2.57. The van der Waals surface area contributed by atoms with Crippen LogP contribution >= 0.6 is 0 Å². The molecule has 0 atom stereocenters. The molecular weight excluding hydrogens is 571 g/mol. The van der Waals surface area contributed by atoms with Crippen LogP contribution in [0.2, 0.25) is 0 Å². The summed E-state index contributed by atoms with van der Waals surface area (Å²) in [7, 11) is 0. The molecule has 0 spiro atoms. The highest BCUT2D eigenvalue weighted by molar-refractivity contribution is 6.98. The summed E-state index contributed by atoms with van der Waals surface area (Å²) < 4.78 is 13.3. The summed E-state index contributed by atoms with van der Waals surface area (Å²) in [5, 5.41) is 4.94. The Morgan fingerprint density at radius 3 is 1.36 bits per heavy atom. The molecule has 0 bridgehead atoms. The second-order valence-corrected chi connectivity index (χ2v) is 12.4. The number of ether oxygens (including phenoxy) is 2. The average Bonchev–Trinajstić information content (AvgIpc) is 3.14. The molecular formula is C44H27BO2. The SMILES string of the molecule is c1ccc(-c2c3ccccc3c(-c3ccccc3-c3cc4c5c(c3)Oc3ccccc3B5c3ccccc3O4)c3ccccc23)cc1. The van der Waals surface area contributed by atoms with E-state index in [0.29, 0.717) is 0 Å². The van der Waals surface area contributed by atoms with Crippen molar-refractivity contribution in [3.05, 3.63) is 164 Å². The van der Waals surface area contributed by atoms with Crippen molar-refractivity contribution in [3.8, 4) is 56.4 Å². The number of hydrogen-bond acceptors (Lipinski definition) is 2. The van der Waals surface area contributed by atoms with Gasteiger partial charge in [0, 0.05) is 5.46 Å². The van der Waals surface area contributed by atoms with Crippen molar-refractivity contribution in [1.29, 1.82) is 0 Å². The minimum Gasteiger partial charge on any atom is -0.458 e. The Morgan fingerprint density at radius 1 is 0.340 bits per heavy atom. The molecule has 2 nitrogen and oxygen atoms in total. The zero-order chi connectivity index (χ0) is 30.9. The van der Waals surface area contributed by atoms with Crippen LogP contribution in [-0.2, 0) is 0 Å². The van der Waals surface area contributed by atoms with Gasteiger partial charge in [-0.25, -0.2) is 0 Å². The maximum absolute atomic E-state index is 6.67. The summed E-state index contributed by atoms with van der Waals surface area (Å²) in [5.74, 6) is 3.48. The zero-order valence-corrected chi connectivity index (χ0v) is 25.5. The van der Waals surface area contributed by atoms with Crippen LogP contribution in [0.1, 0.15) is 0 Å². The van der Waals surface area contributed by atoms with Crippen LogP contribution in [0.3, 0.4) is 0 Å². The van der Waals surface area contributed by atoms with E-state index in [4.69, 9.17) is 9.47 Å². The van der Waals surface area contributed by atoms with Crippen molar-refractivity contribution in [2.45, 2.75) is 0 Å². The smallest absolute Gasteiger partial charge is 0.260 e. The lowest BCUT2D eigenvalue weighted by Gasteiger charge is -2.33. The Bertz CT molecular complexity index is 2410. The molecule has 0 aromatic heterocycles. The monoisotopic (exact) mass is 598 g/mol. The molecule has 10 rings (SSSR count). The van der Waals surface area contributed by atoms with Crippen LogP contribution < -0.4 is 25.9 Å². The van der Waals surface area contributed by atoms with Gasteiger partial charge in [-0.1, -0.05) is 140 Å². The van der Waals surface area contributed by atoms with E-state index in [1.807, 2.05) is 12.1 Å². The molecule has 0 aliphatic carbocycles. The van der Waals surface area contributed by atoms with E-state index in [9.17, 15) is 0 Å². The van der Waals surface area contributed by atoms with E-state index in [-0.39, 0.29) is 6.71 Å². The second-order valence-electron chi connectivity index (χ2n) is 12.4. The molecule has 0 N–H and O–H groups in total. The standard InChI is InChI=1S/C44H27BO2/c1-2-14-28(15-3-1)42-32-18-6-8-20-34(32)43(35-21-9-7-19-33(35)42)31-17-5-4-16-30(31)29-26-40-44-41(27-29)47-39-25-13-11-23-37(39)45(44)36-22-10-12-24-38(36)46-40/h1-27H. The van der Waals surface area contributed by atoms with Crippen LogP contribution in [0, 0.1) is 0 Å². The zero-order valence-electron chi connectivity index (χ0n) is 25.5. The van der Waals surface area contributed by atoms with Gasteiger partial charge in [-0.15, -0.1) is 0 Å². The van der Waals surface area contributed by atoms with Gasteiger partial charge in [0.1, 0.15) is 23.0 Å². The molecule has 8 aromatic carbocycles. The summed E-state index contributed by atoms with van der Waals surface area (Å²) in [4.78, 5) is 0. The molecule has 0 saturated heterocycles. The Balaban J connectivity index is 1.24. The van der Waals surface area contributed by atoms with Crippen LogP contribution in [0.5, 0.6) is 23.0 Å². The van der Waals surface area contributed by atoms with Gasteiger partial charge >= 0.3 is 0 Å². The van der Waals surface area contributed by atoms with Gasteiger partial charge in [0.05, 0.1) is 0 Å². The maximum atomic E-state index is 6.67. The molecule has 3 heteroatoms. The number of rotatable bonds is 3. The highest BCUT2D eigenvalue weighted by Crippen LogP contribution is 2.47. The molecule has 2 aliphatic heterocycles. The Labute approximate surface area is 273 Å². The predicted octanol–water partition coefficient (Wildman–Crippen LogP) is 9.72. The third kappa shape index (κ3) is 3.93. The predicted molar refractivity (Wildman–Crippen MR) is 195 cm³/mol. The van der Waals surface area contributed by atoms with E-state index >= 15 is 0 Å². The second kappa shape index (κ2) is 10.2. The normalized spacial score (nSPS) is 12.6. The van der Waals surface area contributed by atoms with Gasteiger partial charge in [0.15, 0.2) is 0 Å². The van der Waals surface area contributed by atoms with Crippen molar-refractivity contribution in [2.24, 2.45) is 0 Å². The molecule has 2 aliphatic rings. The van der Waals surface area contributed by atoms with Gasteiger partial charge in [-0.2, -0.15) is 0 Å². The van der Waals surface area contributed by atoms with E-state index in [0.717, 1.165) is 39.6 Å². The van der Waals surface area contributed by atoms with Gasteiger partial charge in [0.25, 0.3) is 6.71 Å². The minimum atomic E-state index is 0.0533. The first-order valence-electron chi connectivity index (χ1n) is 16.1. The summed E-state index contributed by atoms with van der Waals surface area (Å²) in [6.45, 7) is 0.0533. The van der Waals surface area contributed by atoms with Crippen molar-refractivity contribution in [1.82, 2.24) is 0 Å². The van der Waals surface area contributed by atoms with Gasteiger partial charge in [-0.05, 0) is 90.1 Å². The topological polar surface area (TPSA) is 18.5 Å². The molecule has 47 heavy (non-hydrogen) atoms. The fourth-order valence-corrected chi connectivity index (χ4v) is 7.84. The molecule has 8 aromatic rings. The number of para-hydroxylation sites is 2. The first-order valence-corrected chi connectivity index (χ1v) is 16.1. The van der Waals surface area contributed by atoms with Crippen molar-refractivity contribution in [3.63, 3.8) is 0 Å². The lowest BCUT2D eigenvalue weighted by atomic mass is 9.35. The Hall–Kier alpha value is -6.06. The summed E-state index contributed by atoms with van der Waals surface area (Å²) >= 11 is 0. The summed E-state index contributed by atoms with van der Waals surface area (Å²) in [5.41, 5.74) is 10.5. The Morgan fingerprint density at radius 2 is 0.787 bits per heavy atom.